The minimum Gasteiger partial charge on any atom is -0.314 e. The fraction of sp³-hybridized carbons (Fsp3) is 0.200. The van der Waals surface area contributed by atoms with Crippen molar-refractivity contribution in [2.24, 2.45) is 0 Å². The van der Waals surface area contributed by atoms with Gasteiger partial charge in [-0.25, -0.2) is 8.42 Å². The molecule has 0 aliphatic rings. The summed E-state index contributed by atoms with van der Waals surface area (Å²) in [5.41, 5.74) is 0.936. The molecule has 0 bridgehead atoms. The Morgan fingerprint density at radius 1 is 1.29 bits per heavy atom. The third-order valence-corrected chi connectivity index (χ3v) is 6.81. The number of hydrogen-bond donors (Lipinski definition) is 0. The van der Waals surface area contributed by atoms with Crippen molar-refractivity contribution < 1.29 is 13.2 Å². The van der Waals surface area contributed by atoms with Crippen LogP contribution in [0.15, 0.2) is 40.6 Å². The van der Waals surface area contributed by atoms with Gasteiger partial charge in [0.15, 0.2) is 0 Å². The Hall–Kier alpha value is -1.92. The Kier molecular flexibility index (Phi) is 5.62. The zero-order valence-electron chi connectivity index (χ0n) is 12.9. The van der Waals surface area contributed by atoms with E-state index in [0.29, 0.717) is 15.6 Å². The van der Waals surface area contributed by atoms with E-state index in [9.17, 15) is 13.2 Å². The van der Waals surface area contributed by atoms with Crippen molar-refractivity contribution in [2.45, 2.75) is 4.21 Å². The van der Waals surface area contributed by atoms with E-state index < -0.39 is 15.9 Å². The second kappa shape index (κ2) is 7.32. The monoisotopic (exact) mass is 383 g/mol. The minimum atomic E-state index is -3.77. The molecule has 6 nitrogen and oxygen atoms in total. The van der Waals surface area contributed by atoms with Crippen molar-refractivity contribution in [1.82, 2.24) is 4.31 Å². The number of sulfonamides is 1. The molecule has 1 heterocycles. The van der Waals surface area contributed by atoms with Gasteiger partial charge in [0.05, 0.1) is 22.5 Å². The number of rotatable bonds is 5. The van der Waals surface area contributed by atoms with E-state index in [1.165, 1.54) is 31.1 Å². The van der Waals surface area contributed by atoms with Crippen LogP contribution in [0.25, 0.3) is 0 Å². The number of amides is 1. The van der Waals surface area contributed by atoms with Crippen LogP contribution in [0.3, 0.4) is 0 Å². The molecule has 24 heavy (non-hydrogen) atoms. The Morgan fingerprint density at radius 2 is 2.00 bits per heavy atom. The molecular formula is C15H14ClN3O3S2. The molecule has 0 aliphatic carbocycles. The van der Waals surface area contributed by atoms with Crippen molar-refractivity contribution in [1.29, 1.82) is 5.26 Å². The first-order valence-electron chi connectivity index (χ1n) is 6.74. The lowest BCUT2D eigenvalue weighted by atomic mass is 10.2. The smallest absolute Gasteiger partial charge is 0.252 e. The highest BCUT2D eigenvalue weighted by Crippen LogP contribution is 2.27. The molecule has 0 atom stereocenters. The van der Waals surface area contributed by atoms with E-state index in [-0.39, 0.29) is 10.8 Å². The lowest BCUT2D eigenvalue weighted by Crippen LogP contribution is -2.39. The Bertz CT molecular complexity index is 903. The maximum Gasteiger partial charge on any atom is 0.252 e. The van der Waals surface area contributed by atoms with Gasteiger partial charge < -0.3 is 4.90 Å². The number of likely N-dealkylation sites (N-methyl/N-ethyl adjacent to an activating group) is 2. The SMILES string of the molecule is CN(C(=O)CN(C)S(=O)(=O)c1ccc(Cl)s1)c1cccc(C#N)c1. The van der Waals surface area contributed by atoms with Crippen molar-refractivity contribution in [3.8, 4) is 6.07 Å². The van der Waals surface area contributed by atoms with Gasteiger partial charge in [0, 0.05) is 19.8 Å². The molecule has 126 valence electrons. The largest absolute Gasteiger partial charge is 0.314 e. The molecule has 1 aromatic heterocycles. The van der Waals surface area contributed by atoms with E-state index in [4.69, 9.17) is 16.9 Å². The van der Waals surface area contributed by atoms with E-state index in [2.05, 4.69) is 0 Å². The third-order valence-electron chi connectivity index (χ3n) is 3.31. The summed E-state index contributed by atoms with van der Waals surface area (Å²) in [6.07, 6.45) is 0. The van der Waals surface area contributed by atoms with Crippen LogP contribution in [0.2, 0.25) is 4.34 Å². The molecule has 0 spiro atoms. The number of benzene rings is 1. The molecule has 2 rings (SSSR count). The number of anilines is 1. The molecule has 0 aliphatic heterocycles. The number of nitriles is 1. The van der Waals surface area contributed by atoms with Crippen LogP contribution in [-0.4, -0.2) is 39.3 Å². The molecule has 0 saturated carbocycles. The van der Waals surface area contributed by atoms with Gasteiger partial charge in [-0.2, -0.15) is 9.57 Å². The van der Waals surface area contributed by atoms with E-state index in [1.807, 2.05) is 6.07 Å². The molecule has 0 N–H and O–H groups in total. The van der Waals surface area contributed by atoms with Gasteiger partial charge in [-0.15, -0.1) is 11.3 Å². The van der Waals surface area contributed by atoms with Gasteiger partial charge >= 0.3 is 0 Å². The molecule has 0 fully saturated rings. The summed E-state index contributed by atoms with van der Waals surface area (Å²) in [6, 6.07) is 11.4. The van der Waals surface area contributed by atoms with Gasteiger partial charge in [0.2, 0.25) is 5.91 Å². The average Bonchev–Trinajstić information content (AvgIpc) is 3.01. The zero-order chi connectivity index (χ0) is 17.9. The lowest BCUT2D eigenvalue weighted by molar-refractivity contribution is -0.118. The normalized spacial score (nSPS) is 11.3. The molecule has 2 aromatic rings. The van der Waals surface area contributed by atoms with Crippen LogP contribution in [-0.2, 0) is 14.8 Å². The fourth-order valence-corrected chi connectivity index (χ4v) is 4.71. The Labute approximate surface area is 149 Å². The number of thiophene rings is 1. The number of halogens is 1. The highest BCUT2D eigenvalue weighted by atomic mass is 35.5. The zero-order valence-corrected chi connectivity index (χ0v) is 15.3. The molecule has 1 amide bonds. The van der Waals surface area contributed by atoms with Crippen molar-refractivity contribution in [2.75, 3.05) is 25.5 Å². The Morgan fingerprint density at radius 3 is 2.58 bits per heavy atom. The summed E-state index contributed by atoms with van der Waals surface area (Å²) >= 11 is 6.70. The first kappa shape index (κ1) is 18.4. The maximum absolute atomic E-state index is 12.4. The predicted octanol–water partition coefficient (Wildman–Crippen LogP) is 2.56. The summed E-state index contributed by atoms with van der Waals surface area (Å²) in [6.45, 7) is -0.328. The number of carbonyl (C=O) groups is 1. The quantitative estimate of drug-likeness (QED) is 0.794. The van der Waals surface area contributed by atoms with E-state index in [0.717, 1.165) is 15.6 Å². The first-order valence-corrected chi connectivity index (χ1v) is 9.37. The standard InChI is InChI=1S/C15H14ClN3O3S2/c1-18(24(21,22)15-7-6-13(16)23-15)10-14(20)19(2)12-5-3-4-11(8-12)9-17/h3-8H,10H2,1-2H3. The number of hydrogen-bond acceptors (Lipinski definition) is 5. The third kappa shape index (κ3) is 3.94. The average molecular weight is 384 g/mol. The van der Waals surface area contributed by atoms with Crippen LogP contribution in [0.4, 0.5) is 5.69 Å². The van der Waals surface area contributed by atoms with Crippen molar-refractivity contribution in [3.63, 3.8) is 0 Å². The highest BCUT2D eigenvalue weighted by molar-refractivity contribution is 7.91. The van der Waals surface area contributed by atoms with Crippen molar-refractivity contribution >= 4 is 44.6 Å². The summed E-state index contributed by atoms with van der Waals surface area (Å²) in [7, 11) is -0.911. The molecule has 1 aromatic carbocycles. The maximum atomic E-state index is 12.4. The molecule has 0 unspecified atom stereocenters. The van der Waals surface area contributed by atoms with Gasteiger partial charge in [-0.05, 0) is 30.3 Å². The first-order chi connectivity index (χ1) is 11.3. The van der Waals surface area contributed by atoms with Gasteiger partial charge in [0.25, 0.3) is 10.0 Å². The van der Waals surface area contributed by atoms with Crippen LogP contribution >= 0.6 is 22.9 Å². The second-order valence-corrected chi connectivity index (χ2v) is 8.92. The van der Waals surface area contributed by atoms with Gasteiger partial charge in [0.1, 0.15) is 4.21 Å². The van der Waals surface area contributed by atoms with Gasteiger partial charge in [-0.3, -0.25) is 4.79 Å². The summed E-state index contributed by atoms with van der Waals surface area (Å²) < 4.78 is 26.2. The molecular weight excluding hydrogens is 370 g/mol. The summed E-state index contributed by atoms with van der Waals surface area (Å²) in [5.74, 6) is -0.418. The number of nitrogens with zero attached hydrogens (tertiary/aromatic N) is 3. The number of carbonyl (C=O) groups excluding carboxylic acids is 1. The second-order valence-electron chi connectivity index (χ2n) is 4.93. The Balaban J connectivity index is 2.15. The molecule has 0 radical (unpaired) electrons. The van der Waals surface area contributed by atoms with Crippen LogP contribution < -0.4 is 4.90 Å². The van der Waals surface area contributed by atoms with Crippen molar-refractivity contribution in [3.05, 3.63) is 46.3 Å². The van der Waals surface area contributed by atoms with Gasteiger partial charge in [-0.1, -0.05) is 17.7 Å². The lowest BCUT2D eigenvalue weighted by Gasteiger charge is -2.21. The predicted molar refractivity (Wildman–Crippen MR) is 93.7 cm³/mol. The molecule has 0 saturated heterocycles. The van der Waals surface area contributed by atoms with Crippen LogP contribution in [0.5, 0.6) is 0 Å². The van der Waals surface area contributed by atoms with Crippen LogP contribution in [0, 0.1) is 11.3 Å². The molecule has 9 heteroatoms. The van der Waals surface area contributed by atoms with E-state index in [1.54, 1.807) is 24.3 Å². The summed E-state index contributed by atoms with van der Waals surface area (Å²) in [4.78, 5) is 13.7. The van der Waals surface area contributed by atoms with Crippen LogP contribution in [0.1, 0.15) is 5.56 Å². The minimum absolute atomic E-state index is 0.0805. The fourth-order valence-electron chi connectivity index (χ4n) is 1.90. The highest BCUT2D eigenvalue weighted by Gasteiger charge is 2.26. The topological polar surface area (TPSA) is 81.5 Å². The van der Waals surface area contributed by atoms with E-state index >= 15 is 0 Å². The summed E-state index contributed by atoms with van der Waals surface area (Å²) in [5, 5.41) is 8.91.